The van der Waals surface area contributed by atoms with E-state index in [1.54, 1.807) is 18.2 Å². The fourth-order valence-electron chi connectivity index (χ4n) is 2.20. The van der Waals surface area contributed by atoms with E-state index in [2.05, 4.69) is 10.0 Å². The lowest BCUT2D eigenvalue weighted by atomic mass is 10.0. The number of hydrogen-bond acceptors (Lipinski definition) is 4. The highest BCUT2D eigenvalue weighted by Gasteiger charge is 2.24. The van der Waals surface area contributed by atoms with Gasteiger partial charge in [-0.2, -0.15) is 0 Å². The van der Waals surface area contributed by atoms with Crippen LogP contribution in [0, 0.1) is 5.92 Å². The minimum Gasteiger partial charge on any atom is -0.495 e. The van der Waals surface area contributed by atoms with E-state index >= 15 is 0 Å². The van der Waals surface area contributed by atoms with Gasteiger partial charge in [0.05, 0.1) is 7.11 Å². The maximum atomic E-state index is 12.5. The normalized spacial score (nSPS) is 13.4. The Balaban J connectivity index is 3.13. The molecular weight excluding hydrogens is 288 g/mol. The molecule has 0 aliphatic carbocycles. The first-order valence-corrected chi connectivity index (χ1v) is 8.67. The SMILES string of the molecule is CCC(NS(=O)(=O)c1ccc(CNC)cc1OC)C(C)C. The zero-order valence-corrected chi connectivity index (χ0v) is 14.3. The van der Waals surface area contributed by atoms with Crippen LogP contribution in [0.5, 0.6) is 5.75 Å². The Morgan fingerprint density at radius 1 is 1.29 bits per heavy atom. The standard InChI is InChI=1S/C15H26N2O3S/c1-6-13(11(2)3)17-21(18,19)15-8-7-12(10-16-4)9-14(15)20-5/h7-9,11,13,16-17H,6,10H2,1-5H3. The van der Waals surface area contributed by atoms with Crippen molar-refractivity contribution in [3.8, 4) is 5.75 Å². The van der Waals surface area contributed by atoms with E-state index in [-0.39, 0.29) is 16.9 Å². The molecule has 2 N–H and O–H groups in total. The Morgan fingerprint density at radius 3 is 2.43 bits per heavy atom. The monoisotopic (exact) mass is 314 g/mol. The van der Waals surface area contributed by atoms with Crippen molar-refractivity contribution < 1.29 is 13.2 Å². The largest absolute Gasteiger partial charge is 0.495 e. The zero-order valence-electron chi connectivity index (χ0n) is 13.4. The molecule has 5 nitrogen and oxygen atoms in total. The first kappa shape index (κ1) is 17.9. The van der Waals surface area contributed by atoms with Crippen LogP contribution in [-0.4, -0.2) is 28.6 Å². The average Bonchev–Trinajstić information content (AvgIpc) is 2.44. The molecule has 0 saturated carbocycles. The third-order valence-corrected chi connectivity index (χ3v) is 4.98. The van der Waals surface area contributed by atoms with Crippen LogP contribution >= 0.6 is 0 Å². The quantitative estimate of drug-likeness (QED) is 0.771. The fraction of sp³-hybridized carbons (Fsp3) is 0.600. The minimum atomic E-state index is -3.59. The predicted molar refractivity (Wildman–Crippen MR) is 85.0 cm³/mol. The van der Waals surface area contributed by atoms with E-state index in [0.717, 1.165) is 12.0 Å². The summed E-state index contributed by atoms with van der Waals surface area (Å²) in [7, 11) is -0.263. The molecule has 1 unspecified atom stereocenters. The van der Waals surface area contributed by atoms with Gasteiger partial charge in [0, 0.05) is 12.6 Å². The van der Waals surface area contributed by atoms with E-state index in [0.29, 0.717) is 12.3 Å². The van der Waals surface area contributed by atoms with Gasteiger partial charge >= 0.3 is 0 Å². The Labute approximate surface area is 128 Å². The summed E-state index contributed by atoms with van der Waals surface area (Å²) < 4.78 is 33.1. The lowest BCUT2D eigenvalue weighted by molar-refractivity contribution is 0.399. The van der Waals surface area contributed by atoms with E-state index in [4.69, 9.17) is 4.74 Å². The maximum Gasteiger partial charge on any atom is 0.244 e. The highest BCUT2D eigenvalue weighted by atomic mass is 32.2. The molecule has 120 valence electrons. The molecule has 0 heterocycles. The Hall–Kier alpha value is -1.11. The number of benzene rings is 1. The van der Waals surface area contributed by atoms with Gasteiger partial charge in [0.1, 0.15) is 10.6 Å². The topological polar surface area (TPSA) is 67.4 Å². The zero-order chi connectivity index (χ0) is 16.0. The number of methoxy groups -OCH3 is 1. The van der Waals surface area contributed by atoms with E-state index < -0.39 is 10.0 Å². The fourth-order valence-corrected chi connectivity index (χ4v) is 3.82. The second-order valence-electron chi connectivity index (χ2n) is 5.40. The van der Waals surface area contributed by atoms with Crippen LogP contribution in [0.15, 0.2) is 23.1 Å². The van der Waals surface area contributed by atoms with Crippen LogP contribution < -0.4 is 14.8 Å². The summed E-state index contributed by atoms with van der Waals surface area (Å²) in [6.45, 7) is 6.64. The number of sulfonamides is 1. The summed E-state index contributed by atoms with van der Waals surface area (Å²) in [5.41, 5.74) is 0.976. The highest BCUT2D eigenvalue weighted by Crippen LogP contribution is 2.26. The number of rotatable bonds is 8. The molecule has 1 rings (SSSR count). The minimum absolute atomic E-state index is 0.0864. The summed E-state index contributed by atoms with van der Waals surface area (Å²) in [6.07, 6.45) is 0.747. The molecule has 0 aliphatic rings. The molecule has 0 fully saturated rings. The Morgan fingerprint density at radius 2 is 1.95 bits per heavy atom. The van der Waals surface area contributed by atoms with Crippen LogP contribution in [0.25, 0.3) is 0 Å². The van der Waals surface area contributed by atoms with Crippen molar-refractivity contribution in [2.45, 2.75) is 44.7 Å². The second kappa shape index (κ2) is 7.77. The van der Waals surface area contributed by atoms with Crippen molar-refractivity contribution in [2.24, 2.45) is 5.92 Å². The molecule has 0 spiro atoms. The van der Waals surface area contributed by atoms with Crippen molar-refractivity contribution in [1.29, 1.82) is 0 Å². The van der Waals surface area contributed by atoms with Crippen LogP contribution in [0.4, 0.5) is 0 Å². The molecule has 0 amide bonds. The smallest absolute Gasteiger partial charge is 0.244 e. The molecule has 0 bridgehead atoms. The number of ether oxygens (including phenoxy) is 1. The molecule has 0 radical (unpaired) electrons. The van der Waals surface area contributed by atoms with Crippen LogP contribution in [0.3, 0.4) is 0 Å². The molecule has 0 saturated heterocycles. The molecule has 21 heavy (non-hydrogen) atoms. The lowest BCUT2D eigenvalue weighted by Gasteiger charge is -2.21. The van der Waals surface area contributed by atoms with Gasteiger partial charge in [0.15, 0.2) is 0 Å². The van der Waals surface area contributed by atoms with Gasteiger partial charge in [0.2, 0.25) is 10.0 Å². The number of nitrogens with one attached hydrogen (secondary N) is 2. The average molecular weight is 314 g/mol. The third kappa shape index (κ3) is 4.69. The van der Waals surface area contributed by atoms with Gasteiger partial charge in [0.25, 0.3) is 0 Å². The Bertz CT molecular complexity index is 556. The van der Waals surface area contributed by atoms with Gasteiger partial charge in [-0.15, -0.1) is 0 Å². The van der Waals surface area contributed by atoms with E-state index in [9.17, 15) is 8.42 Å². The molecule has 0 aromatic heterocycles. The summed E-state index contributed by atoms with van der Waals surface area (Å²) >= 11 is 0. The maximum absolute atomic E-state index is 12.5. The molecule has 1 aromatic rings. The number of hydrogen-bond donors (Lipinski definition) is 2. The molecule has 0 aliphatic heterocycles. The van der Waals surface area contributed by atoms with Crippen molar-refractivity contribution in [3.63, 3.8) is 0 Å². The van der Waals surface area contributed by atoms with Gasteiger partial charge in [-0.3, -0.25) is 0 Å². The summed E-state index contributed by atoms with van der Waals surface area (Å²) in [5.74, 6) is 0.605. The lowest BCUT2D eigenvalue weighted by Crippen LogP contribution is -2.38. The van der Waals surface area contributed by atoms with Crippen molar-refractivity contribution in [1.82, 2.24) is 10.0 Å². The molecule has 1 aromatic carbocycles. The highest BCUT2D eigenvalue weighted by molar-refractivity contribution is 7.89. The van der Waals surface area contributed by atoms with Crippen molar-refractivity contribution in [3.05, 3.63) is 23.8 Å². The van der Waals surface area contributed by atoms with Crippen LogP contribution in [0.2, 0.25) is 0 Å². The summed E-state index contributed by atoms with van der Waals surface area (Å²) in [4.78, 5) is 0.184. The van der Waals surface area contributed by atoms with Crippen molar-refractivity contribution >= 4 is 10.0 Å². The van der Waals surface area contributed by atoms with E-state index in [1.165, 1.54) is 7.11 Å². The molecule has 6 heteroatoms. The van der Waals surface area contributed by atoms with Crippen molar-refractivity contribution in [2.75, 3.05) is 14.2 Å². The summed E-state index contributed by atoms with van der Waals surface area (Å²) in [6, 6.07) is 5.06. The first-order chi connectivity index (χ1) is 9.85. The van der Waals surface area contributed by atoms with Crippen LogP contribution in [-0.2, 0) is 16.6 Å². The third-order valence-electron chi connectivity index (χ3n) is 3.45. The van der Waals surface area contributed by atoms with Gasteiger partial charge in [-0.1, -0.05) is 26.8 Å². The van der Waals surface area contributed by atoms with Gasteiger partial charge < -0.3 is 10.1 Å². The molecular formula is C15H26N2O3S. The first-order valence-electron chi connectivity index (χ1n) is 7.19. The van der Waals surface area contributed by atoms with Gasteiger partial charge in [-0.05, 0) is 37.1 Å². The molecule has 1 atom stereocenters. The van der Waals surface area contributed by atoms with Crippen LogP contribution in [0.1, 0.15) is 32.8 Å². The van der Waals surface area contributed by atoms with Gasteiger partial charge in [-0.25, -0.2) is 13.1 Å². The summed E-state index contributed by atoms with van der Waals surface area (Å²) in [5, 5.41) is 3.03. The van der Waals surface area contributed by atoms with E-state index in [1.807, 2.05) is 27.8 Å². The Kier molecular flexibility index (Phi) is 6.64. The predicted octanol–water partition coefficient (Wildman–Crippen LogP) is 2.13. The second-order valence-corrected chi connectivity index (χ2v) is 7.08.